The summed E-state index contributed by atoms with van der Waals surface area (Å²) in [6, 6.07) is 2.73. The predicted octanol–water partition coefficient (Wildman–Crippen LogP) is 1.31. The molecular formula is C12H15ClN2O5. The van der Waals surface area contributed by atoms with E-state index in [-0.39, 0.29) is 13.0 Å². The molecule has 1 unspecified atom stereocenters. The number of carbonyl (C=O) groups is 2. The van der Waals surface area contributed by atoms with E-state index in [0.717, 1.165) is 0 Å². The van der Waals surface area contributed by atoms with E-state index in [1.165, 1.54) is 13.2 Å². The molecule has 8 heteroatoms. The SMILES string of the molecule is COc1ccc(Cl)cc1NC(=O)NC(CCO)C(=O)O. The number of aliphatic hydroxyl groups is 1. The Hall–Kier alpha value is -1.99. The van der Waals surface area contributed by atoms with E-state index in [1.54, 1.807) is 12.1 Å². The van der Waals surface area contributed by atoms with Crippen LogP contribution >= 0.6 is 11.6 Å². The average Bonchev–Trinajstić information content (AvgIpc) is 2.38. The van der Waals surface area contributed by atoms with Crippen molar-refractivity contribution >= 4 is 29.3 Å². The summed E-state index contributed by atoms with van der Waals surface area (Å²) in [6.45, 7) is -0.349. The number of methoxy groups -OCH3 is 1. The highest BCUT2D eigenvalue weighted by Crippen LogP contribution is 2.27. The van der Waals surface area contributed by atoms with Crippen LogP contribution in [-0.4, -0.2) is 42.0 Å². The Kier molecular flexibility index (Phi) is 6.08. The Balaban J connectivity index is 2.75. The van der Waals surface area contributed by atoms with Gasteiger partial charge in [-0.3, -0.25) is 0 Å². The number of halogens is 1. The number of ether oxygens (including phenoxy) is 1. The molecule has 4 N–H and O–H groups in total. The van der Waals surface area contributed by atoms with E-state index < -0.39 is 18.0 Å². The first-order valence-electron chi connectivity index (χ1n) is 5.72. The van der Waals surface area contributed by atoms with Gasteiger partial charge >= 0.3 is 12.0 Å². The standard InChI is InChI=1S/C12H15ClN2O5/c1-20-10-3-2-7(13)6-9(10)15-12(19)14-8(4-5-16)11(17)18/h2-3,6,8,16H,4-5H2,1H3,(H,17,18)(H2,14,15,19). The van der Waals surface area contributed by atoms with Crippen molar-refractivity contribution in [3.63, 3.8) is 0 Å². The van der Waals surface area contributed by atoms with Gasteiger partial charge < -0.3 is 25.6 Å². The molecule has 1 atom stereocenters. The molecule has 2 amide bonds. The number of hydrogen-bond donors (Lipinski definition) is 4. The van der Waals surface area contributed by atoms with Crippen molar-refractivity contribution in [2.75, 3.05) is 19.0 Å². The first kappa shape index (κ1) is 16.1. The second kappa shape index (κ2) is 7.56. The zero-order chi connectivity index (χ0) is 15.1. The van der Waals surface area contributed by atoms with Gasteiger partial charge in [0, 0.05) is 18.1 Å². The average molecular weight is 303 g/mol. The molecule has 0 heterocycles. The third-order valence-electron chi connectivity index (χ3n) is 2.43. The first-order valence-corrected chi connectivity index (χ1v) is 6.10. The molecule has 0 aliphatic heterocycles. The lowest BCUT2D eigenvalue weighted by Crippen LogP contribution is -2.43. The van der Waals surface area contributed by atoms with Crippen LogP contribution in [0.2, 0.25) is 5.02 Å². The zero-order valence-corrected chi connectivity index (χ0v) is 11.5. The molecule has 0 radical (unpaired) electrons. The number of nitrogens with one attached hydrogen (secondary N) is 2. The molecule has 0 bridgehead atoms. The van der Waals surface area contributed by atoms with Crippen molar-refractivity contribution in [3.8, 4) is 5.75 Å². The molecule has 0 aromatic heterocycles. The minimum Gasteiger partial charge on any atom is -0.495 e. The van der Waals surface area contributed by atoms with E-state index in [9.17, 15) is 9.59 Å². The Morgan fingerprint density at radius 2 is 2.15 bits per heavy atom. The fourth-order valence-corrected chi connectivity index (χ4v) is 1.65. The van der Waals surface area contributed by atoms with Crippen LogP contribution in [0.1, 0.15) is 6.42 Å². The van der Waals surface area contributed by atoms with Crippen LogP contribution in [0, 0.1) is 0 Å². The number of carboxylic acids is 1. The number of aliphatic carboxylic acids is 1. The van der Waals surface area contributed by atoms with Gasteiger partial charge in [-0.1, -0.05) is 11.6 Å². The van der Waals surface area contributed by atoms with E-state index in [4.69, 9.17) is 26.6 Å². The summed E-state index contributed by atoms with van der Waals surface area (Å²) in [6.07, 6.45) is -0.0879. The maximum absolute atomic E-state index is 11.7. The number of carboxylic acid groups (broad SMARTS) is 1. The summed E-state index contributed by atoms with van der Waals surface area (Å²) < 4.78 is 5.04. The molecular weight excluding hydrogens is 288 g/mol. The van der Waals surface area contributed by atoms with E-state index >= 15 is 0 Å². The van der Waals surface area contributed by atoms with Crippen LogP contribution in [0.4, 0.5) is 10.5 Å². The summed E-state index contributed by atoms with van der Waals surface area (Å²) in [4.78, 5) is 22.6. The molecule has 0 saturated heterocycles. The van der Waals surface area contributed by atoms with Crippen LogP contribution in [0.5, 0.6) is 5.75 Å². The second-order valence-corrected chi connectivity index (χ2v) is 4.28. The minimum atomic E-state index is -1.23. The summed E-state index contributed by atoms with van der Waals surface area (Å²) in [7, 11) is 1.43. The van der Waals surface area contributed by atoms with Crippen molar-refractivity contribution in [1.82, 2.24) is 5.32 Å². The quantitative estimate of drug-likeness (QED) is 0.633. The van der Waals surface area contributed by atoms with Crippen LogP contribution in [0.3, 0.4) is 0 Å². The molecule has 110 valence electrons. The molecule has 0 saturated carbocycles. The normalized spacial score (nSPS) is 11.6. The highest BCUT2D eigenvalue weighted by atomic mass is 35.5. The summed E-state index contributed by atoms with van der Waals surface area (Å²) >= 11 is 5.81. The highest BCUT2D eigenvalue weighted by molar-refractivity contribution is 6.31. The number of carbonyl (C=O) groups excluding carboxylic acids is 1. The van der Waals surface area contributed by atoms with Gasteiger partial charge in [0.15, 0.2) is 0 Å². The Labute approximate surface area is 120 Å². The van der Waals surface area contributed by atoms with Crippen molar-refractivity contribution in [1.29, 1.82) is 0 Å². The van der Waals surface area contributed by atoms with Crippen molar-refractivity contribution < 1.29 is 24.5 Å². The second-order valence-electron chi connectivity index (χ2n) is 3.85. The molecule has 0 fully saturated rings. The highest BCUT2D eigenvalue weighted by Gasteiger charge is 2.19. The number of aliphatic hydroxyl groups excluding tert-OH is 1. The van der Waals surface area contributed by atoms with Gasteiger partial charge in [0.2, 0.25) is 0 Å². The van der Waals surface area contributed by atoms with Gasteiger partial charge in [0.1, 0.15) is 11.8 Å². The Bertz CT molecular complexity index is 495. The van der Waals surface area contributed by atoms with Gasteiger partial charge in [-0.05, 0) is 18.2 Å². The number of urea groups is 1. The Morgan fingerprint density at radius 1 is 1.45 bits per heavy atom. The van der Waals surface area contributed by atoms with Gasteiger partial charge in [0.25, 0.3) is 0 Å². The fourth-order valence-electron chi connectivity index (χ4n) is 1.48. The minimum absolute atomic E-state index is 0.0879. The molecule has 0 aliphatic carbocycles. The van der Waals surface area contributed by atoms with Crippen molar-refractivity contribution in [2.45, 2.75) is 12.5 Å². The predicted molar refractivity (Wildman–Crippen MR) is 73.3 cm³/mol. The molecule has 1 aromatic rings. The molecule has 0 aliphatic rings. The van der Waals surface area contributed by atoms with E-state index in [1.807, 2.05) is 0 Å². The third kappa shape index (κ3) is 4.60. The largest absolute Gasteiger partial charge is 0.495 e. The monoisotopic (exact) mass is 302 g/mol. The lowest BCUT2D eigenvalue weighted by atomic mass is 10.2. The number of benzene rings is 1. The van der Waals surface area contributed by atoms with Crippen LogP contribution < -0.4 is 15.4 Å². The number of hydrogen-bond acceptors (Lipinski definition) is 4. The van der Waals surface area contributed by atoms with Gasteiger partial charge in [-0.15, -0.1) is 0 Å². The third-order valence-corrected chi connectivity index (χ3v) is 2.67. The van der Waals surface area contributed by atoms with Crippen molar-refractivity contribution in [2.24, 2.45) is 0 Å². The van der Waals surface area contributed by atoms with Gasteiger partial charge in [-0.25, -0.2) is 9.59 Å². The van der Waals surface area contributed by atoms with Crippen LogP contribution in [-0.2, 0) is 4.79 Å². The van der Waals surface area contributed by atoms with Crippen LogP contribution in [0.15, 0.2) is 18.2 Å². The van der Waals surface area contributed by atoms with E-state index in [0.29, 0.717) is 16.5 Å². The van der Waals surface area contributed by atoms with Gasteiger partial charge in [0.05, 0.1) is 12.8 Å². The molecule has 20 heavy (non-hydrogen) atoms. The topological polar surface area (TPSA) is 108 Å². The van der Waals surface area contributed by atoms with Gasteiger partial charge in [-0.2, -0.15) is 0 Å². The smallest absolute Gasteiger partial charge is 0.326 e. The van der Waals surface area contributed by atoms with Crippen molar-refractivity contribution in [3.05, 3.63) is 23.2 Å². The molecule has 1 rings (SSSR count). The molecule has 1 aromatic carbocycles. The maximum atomic E-state index is 11.7. The first-order chi connectivity index (χ1) is 9.47. The van der Waals surface area contributed by atoms with E-state index in [2.05, 4.69) is 10.6 Å². The number of rotatable bonds is 6. The number of anilines is 1. The number of amides is 2. The summed E-state index contributed by atoms with van der Waals surface area (Å²) in [5, 5.41) is 22.7. The molecule has 0 spiro atoms. The summed E-state index contributed by atoms with van der Waals surface area (Å²) in [5.41, 5.74) is 0.311. The molecule has 7 nitrogen and oxygen atoms in total. The lowest BCUT2D eigenvalue weighted by molar-refractivity contribution is -0.139. The maximum Gasteiger partial charge on any atom is 0.326 e. The fraction of sp³-hybridized carbons (Fsp3) is 0.333. The lowest BCUT2D eigenvalue weighted by Gasteiger charge is -2.15. The Morgan fingerprint density at radius 3 is 2.70 bits per heavy atom. The van der Waals surface area contributed by atoms with Crippen LogP contribution in [0.25, 0.3) is 0 Å². The zero-order valence-electron chi connectivity index (χ0n) is 10.7. The summed E-state index contributed by atoms with van der Waals surface area (Å²) in [5.74, 6) is -0.842.